The van der Waals surface area contributed by atoms with E-state index in [2.05, 4.69) is 4.90 Å². The molecular weight excluding hydrogens is 180 g/mol. The molecule has 0 aromatic heterocycles. The first-order chi connectivity index (χ1) is 6.52. The van der Waals surface area contributed by atoms with Crippen molar-refractivity contribution in [3.63, 3.8) is 0 Å². The van der Waals surface area contributed by atoms with Crippen LogP contribution in [0.3, 0.4) is 0 Å². The van der Waals surface area contributed by atoms with Gasteiger partial charge in [-0.3, -0.25) is 9.69 Å². The minimum atomic E-state index is -0.516. The van der Waals surface area contributed by atoms with E-state index in [1.54, 1.807) is 0 Å². The van der Waals surface area contributed by atoms with Crippen molar-refractivity contribution in [2.45, 2.75) is 13.8 Å². The molecule has 0 bridgehead atoms. The number of carbonyl (C=O) groups is 1. The topological polar surface area (TPSA) is 55.6 Å². The smallest absolute Gasteiger partial charge is 0.223 e. The zero-order valence-corrected chi connectivity index (χ0v) is 8.95. The fourth-order valence-electron chi connectivity index (χ4n) is 1.24. The highest BCUT2D eigenvalue weighted by Gasteiger charge is 2.26. The molecule has 2 N–H and O–H groups in total. The van der Waals surface area contributed by atoms with Crippen molar-refractivity contribution in [3.8, 4) is 0 Å². The highest BCUT2D eigenvalue weighted by molar-refractivity contribution is 5.81. The number of morpholine rings is 1. The molecule has 1 radical (unpaired) electrons. The highest BCUT2D eigenvalue weighted by Crippen LogP contribution is 2.18. The third-order valence-corrected chi connectivity index (χ3v) is 2.60. The predicted molar refractivity (Wildman–Crippen MR) is 54.5 cm³/mol. The molecule has 14 heavy (non-hydrogen) atoms. The number of rotatable bonds is 4. The molecule has 1 rings (SSSR count). The Kier molecular flexibility index (Phi) is 3.89. The van der Waals surface area contributed by atoms with Crippen LogP contribution < -0.4 is 5.73 Å². The highest BCUT2D eigenvalue weighted by atomic mass is 16.5. The van der Waals surface area contributed by atoms with Gasteiger partial charge >= 0.3 is 0 Å². The summed E-state index contributed by atoms with van der Waals surface area (Å²) < 4.78 is 5.23. The Morgan fingerprint density at radius 2 is 2.07 bits per heavy atom. The lowest BCUT2D eigenvalue weighted by Gasteiger charge is -2.29. The van der Waals surface area contributed by atoms with Crippen LogP contribution in [-0.2, 0) is 9.53 Å². The Morgan fingerprint density at radius 3 is 2.57 bits per heavy atom. The van der Waals surface area contributed by atoms with Crippen LogP contribution in [0.15, 0.2) is 0 Å². The zero-order chi connectivity index (χ0) is 10.6. The summed E-state index contributed by atoms with van der Waals surface area (Å²) in [4.78, 5) is 13.3. The van der Waals surface area contributed by atoms with E-state index < -0.39 is 5.41 Å². The monoisotopic (exact) mass is 199 g/mol. The summed E-state index contributed by atoms with van der Waals surface area (Å²) in [5.74, 6) is -0.272. The summed E-state index contributed by atoms with van der Waals surface area (Å²) >= 11 is 0. The first-order valence-electron chi connectivity index (χ1n) is 4.97. The molecule has 1 aliphatic rings. The van der Waals surface area contributed by atoms with Crippen molar-refractivity contribution in [2.75, 3.05) is 32.8 Å². The van der Waals surface area contributed by atoms with Crippen molar-refractivity contribution in [1.82, 2.24) is 4.90 Å². The van der Waals surface area contributed by atoms with Crippen molar-refractivity contribution < 1.29 is 9.53 Å². The SMILES string of the molecule is CC(C)([CH]CN1CCOCC1)C(N)=O. The summed E-state index contributed by atoms with van der Waals surface area (Å²) in [6, 6.07) is 0. The van der Waals surface area contributed by atoms with Crippen LogP contribution in [0.2, 0.25) is 0 Å². The van der Waals surface area contributed by atoms with E-state index in [4.69, 9.17) is 10.5 Å². The van der Waals surface area contributed by atoms with Gasteiger partial charge in [-0.05, 0) is 6.42 Å². The maximum atomic E-state index is 11.0. The molecule has 0 spiro atoms. The number of carbonyl (C=O) groups excluding carboxylic acids is 1. The lowest BCUT2D eigenvalue weighted by Crippen LogP contribution is -2.41. The molecule has 1 heterocycles. The van der Waals surface area contributed by atoms with Crippen LogP contribution in [0.1, 0.15) is 13.8 Å². The standard InChI is InChI=1S/C10H19N2O2/c1-10(2,9(11)13)3-4-12-5-7-14-8-6-12/h3H,4-8H2,1-2H3,(H2,11,13). The fourth-order valence-corrected chi connectivity index (χ4v) is 1.24. The van der Waals surface area contributed by atoms with Gasteiger partial charge in [0.1, 0.15) is 0 Å². The van der Waals surface area contributed by atoms with Gasteiger partial charge in [-0.25, -0.2) is 0 Å². The second-order valence-electron chi connectivity index (χ2n) is 4.20. The molecule has 0 atom stereocenters. The normalized spacial score (nSPS) is 19.6. The molecule has 0 aromatic rings. The summed E-state index contributed by atoms with van der Waals surface area (Å²) in [5.41, 5.74) is 4.76. The fraction of sp³-hybridized carbons (Fsp3) is 0.800. The van der Waals surface area contributed by atoms with E-state index in [0.29, 0.717) is 0 Å². The molecule has 0 aliphatic carbocycles. The van der Waals surface area contributed by atoms with E-state index in [1.807, 2.05) is 20.3 Å². The van der Waals surface area contributed by atoms with Crippen LogP contribution in [-0.4, -0.2) is 43.7 Å². The van der Waals surface area contributed by atoms with E-state index in [9.17, 15) is 4.79 Å². The molecule has 0 unspecified atom stereocenters. The molecule has 1 amide bonds. The van der Waals surface area contributed by atoms with Crippen molar-refractivity contribution in [1.29, 1.82) is 0 Å². The minimum Gasteiger partial charge on any atom is -0.379 e. The summed E-state index contributed by atoms with van der Waals surface area (Å²) in [6.45, 7) is 7.93. The predicted octanol–water partition coefficient (Wildman–Crippen LogP) is 0.0344. The molecule has 0 aromatic carbocycles. The lowest BCUT2D eigenvalue weighted by molar-refractivity contribution is -0.124. The maximum Gasteiger partial charge on any atom is 0.223 e. The summed E-state index contributed by atoms with van der Waals surface area (Å²) in [6.07, 6.45) is 1.97. The Labute approximate surface area is 85.4 Å². The van der Waals surface area contributed by atoms with Gasteiger partial charge in [0, 0.05) is 25.0 Å². The molecule has 1 aliphatic heterocycles. The number of hydrogen-bond acceptors (Lipinski definition) is 3. The van der Waals surface area contributed by atoms with E-state index in [0.717, 1.165) is 32.8 Å². The van der Waals surface area contributed by atoms with E-state index in [-0.39, 0.29) is 5.91 Å². The van der Waals surface area contributed by atoms with Gasteiger partial charge in [-0.15, -0.1) is 0 Å². The van der Waals surface area contributed by atoms with Crippen LogP contribution in [0, 0.1) is 11.8 Å². The molecular formula is C10H19N2O2. The van der Waals surface area contributed by atoms with Crippen molar-refractivity contribution in [3.05, 3.63) is 6.42 Å². The average Bonchev–Trinajstić information content (AvgIpc) is 2.16. The maximum absolute atomic E-state index is 11.0. The van der Waals surface area contributed by atoms with E-state index in [1.165, 1.54) is 0 Å². The first-order valence-corrected chi connectivity index (χ1v) is 4.97. The third-order valence-electron chi connectivity index (χ3n) is 2.60. The number of nitrogens with two attached hydrogens (primary N) is 1. The number of ether oxygens (including phenoxy) is 1. The lowest BCUT2D eigenvalue weighted by atomic mass is 9.88. The minimum absolute atomic E-state index is 0.272. The van der Waals surface area contributed by atoms with Gasteiger partial charge in [0.2, 0.25) is 5.91 Å². The van der Waals surface area contributed by atoms with Gasteiger partial charge in [-0.1, -0.05) is 13.8 Å². The average molecular weight is 199 g/mol. The summed E-state index contributed by atoms with van der Waals surface area (Å²) in [7, 11) is 0. The zero-order valence-electron chi connectivity index (χ0n) is 8.95. The number of hydrogen-bond donors (Lipinski definition) is 1. The third kappa shape index (κ3) is 3.27. The van der Waals surface area contributed by atoms with Crippen LogP contribution in [0.4, 0.5) is 0 Å². The number of nitrogens with zero attached hydrogens (tertiary/aromatic N) is 1. The van der Waals surface area contributed by atoms with E-state index >= 15 is 0 Å². The van der Waals surface area contributed by atoms with Crippen LogP contribution in [0.25, 0.3) is 0 Å². The van der Waals surface area contributed by atoms with Gasteiger partial charge in [0.25, 0.3) is 0 Å². The largest absolute Gasteiger partial charge is 0.379 e. The first kappa shape index (κ1) is 11.5. The second-order valence-corrected chi connectivity index (χ2v) is 4.20. The summed E-state index contributed by atoms with van der Waals surface area (Å²) in [5, 5.41) is 0. The molecule has 81 valence electrons. The quantitative estimate of drug-likeness (QED) is 0.695. The van der Waals surface area contributed by atoms with Crippen LogP contribution >= 0.6 is 0 Å². The van der Waals surface area contributed by atoms with Crippen LogP contribution in [0.5, 0.6) is 0 Å². The molecule has 1 saturated heterocycles. The molecule has 4 heteroatoms. The van der Waals surface area contributed by atoms with Gasteiger partial charge in [-0.2, -0.15) is 0 Å². The number of amides is 1. The van der Waals surface area contributed by atoms with Gasteiger partial charge in [0.15, 0.2) is 0 Å². The molecule has 4 nitrogen and oxygen atoms in total. The second kappa shape index (κ2) is 4.75. The van der Waals surface area contributed by atoms with Crippen molar-refractivity contribution in [2.24, 2.45) is 11.1 Å². The molecule has 0 saturated carbocycles. The molecule has 1 fully saturated rings. The Bertz CT molecular complexity index is 198. The Hall–Kier alpha value is -0.610. The van der Waals surface area contributed by atoms with Gasteiger partial charge < -0.3 is 10.5 Å². The Morgan fingerprint density at radius 1 is 1.50 bits per heavy atom. The Balaban J connectivity index is 2.28. The number of primary amides is 1. The van der Waals surface area contributed by atoms with Gasteiger partial charge in [0.05, 0.1) is 13.2 Å². The van der Waals surface area contributed by atoms with Crippen molar-refractivity contribution >= 4 is 5.91 Å².